The third-order valence-corrected chi connectivity index (χ3v) is 3.91. The highest BCUT2D eigenvalue weighted by Gasteiger charge is 2.07. The zero-order valence-electron chi connectivity index (χ0n) is 13.9. The van der Waals surface area contributed by atoms with Gasteiger partial charge < -0.3 is 0 Å². The van der Waals surface area contributed by atoms with E-state index in [4.69, 9.17) is 4.99 Å². The van der Waals surface area contributed by atoms with Crippen molar-refractivity contribution in [1.82, 2.24) is 0 Å². The van der Waals surface area contributed by atoms with Gasteiger partial charge in [-0.2, -0.15) is 0 Å². The average molecular weight is 283 g/mol. The van der Waals surface area contributed by atoms with Gasteiger partial charge in [0.2, 0.25) is 0 Å². The molecule has 0 radical (unpaired) electrons. The minimum Gasteiger partial charge on any atom is -0.253 e. The van der Waals surface area contributed by atoms with Crippen LogP contribution in [-0.4, -0.2) is 5.71 Å². The van der Waals surface area contributed by atoms with E-state index in [-0.39, 0.29) is 0 Å². The van der Waals surface area contributed by atoms with Gasteiger partial charge in [-0.1, -0.05) is 71.0 Å². The molecule has 0 bridgehead atoms. The van der Waals surface area contributed by atoms with Gasteiger partial charge >= 0.3 is 0 Å². The lowest BCUT2D eigenvalue weighted by molar-refractivity contribution is 0.515. The summed E-state index contributed by atoms with van der Waals surface area (Å²) in [6.07, 6.45) is 7.38. The molecule has 1 aromatic carbocycles. The van der Waals surface area contributed by atoms with Gasteiger partial charge in [0, 0.05) is 11.3 Å². The standard InChI is InChI=1S/C20H29N/c1-6-11-18-12-9-10-13-19(18)20(8-3)21-17(5)15-14-16(4)7-2/h8-10,12-13,16H,3,5-7,11,14-15H2,1-2,4H3. The first-order valence-electron chi connectivity index (χ1n) is 8.09. The molecule has 1 aromatic rings. The van der Waals surface area contributed by atoms with Crippen LogP contribution >= 0.6 is 0 Å². The van der Waals surface area contributed by atoms with Crippen LogP contribution in [0.5, 0.6) is 0 Å². The first-order chi connectivity index (χ1) is 10.1. The van der Waals surface area contributed by atoms with Crippen molar-refractivity contribution in [2.75, 3.05) is 0 Å². The second-order valence-electron chi connectivity index (χ2n) is 5.73. The summed E-state index contributed by atoms with van der Waals surface area (Å²) >= 11 is 0. The van der Waals surface area contributed by atoms with Crippen LogP contribution in [0.2, 0.25) is 0 Å². The highest BCUT2D eigenvalue weighted by atomic mass is 14.7. The van der Waals surface area contributed by atoms with Crippen molar-refractivity contribution in [3.8, 4) is 0 Å². The normalized spacial score (nSPS) is 13.0. The molecule has 0 heterocycles. The number of hydrogen-bond donors (Lipinski definition) is 0. The van der Waals surface area contributed by atoms with Crippen LogP contribution in [0.1, 0.15) is 57.6 Å². The minimum absolute atomic E-state index is 0.733. The number of rotatable bonds is 9. The monoisotopic (exact) mass is 283 g/mol. The van der Waals surface area contributed by atoms with Gasteiger partial charge in [0.1, 0.15) is 0 Å². The van der Waals surface area contributed by atoms with E-state index in [2.05, 4.69) is 58.2 Å². The molecule has 0 N–H and O–H groups in total. The van der Waals surface area contributed by atoms with Crippen molar-refractivity contribution in [3.63, 3.8) is 0 Å². The molecule has 0 aromatic heterocycles. The second kappa shape index (κ2) is 9.33. The molecule has 1 heteroatoms. The van der Waals surface area contributed by atoms with E-state index in [1.807, 2.05) is 6.08 Å². The van der Waals surface area contributed by atoms with Gasteiger partial charge in [-0.3, -0.25) is 4.99 Å². The average Bonchev–Trinajstić information content (AvgIpc) is 2.51. The quantitative estimate of drug-likeness (QED) is 0.496. The van der Waals surface area contributed by atoms with E-state index >= 15 is 0 Å². The maximum Gasteiger partial charge on any atom is 0.0701 e. The Bertz CT molecular complexity index is 496. The van der Waals surface area contributed by atoms with Gasteiger partial charge in [-0.25, -0.2) is 0 Å². The summed E-state index contributed by atoms with van der Waals surface area (Å²) in [5.41, 5.74) is 4.44. The molecule has 114 valence electrons. The first kappa shape index (κ1) is 17.4. The molecule has 0 saturated carbocycles. The van der Waals surface area contributed by atoms with E-state index in [0.717, 1.165) is 43.0 Å². The number of nitrogens with zero attached hydrogens (tertiary/aromatic N) is 1. The fourth-order valence-corrected chi connectivity index (χ4v) is 2.32. The van der Waals surface area contributed by atoms with Crippen LogP contribution < -0.4 is 0 Å². The van der Waals surface area contributed by atoms with Gasteiger partial charge in [0.05, 0.1) is 5.71 Å². The van der Waals surface area contributed by atoms with E-state index in [9.17, 15) is 0 Å². The van der Waals surface area contributed by atoms with Crippen LogP contribution in [0, 0.1) is 5.92 Å². The zero-order chi connectivity index (χ0) is 15.7. The predicted octanol–water partition coefficient (Wildman–Crippen LogP) is 5.95. The molecule has 0 fully saturated rings. The summed E-state index contributed by atoms with van der Waals surface area (Å²) in [6.45, 7) is 14.8. The fourth-order valence-electron chi connectivity index (χ4n) is 2.32. The number of allylic oxidation sites excluding steroid dienone is 2. The maximum absolute atomic E-state index is 4.72. The maximum atomic E-state index is 4.72. The van der Waals surface area contributed by atoms with Crippen molar-refractivity contribution >= 4 is 5.71 Å². The Hall–Kier alpha value is -1.63. The summed E-state index contributed by atoms with van der Waals surface area (Å²) in [7, 11) is 0. The first-order valence-corrected chi connectivity index (χ1v) is 8.09. The van der Waals surface area contributed by atoms with E-state index in [1.54, 1.807) is 0 Å². The Kier molecular flexibility index (Phi) is 7.74. The smallest absolute Gasteiger partial charge is 0.0701 e. The van der Waals surface area contributed by atoms with E-state index < -0.39 is 0 Å². The van der Waals surface area contributed by atoms with Gasteiger partial charge in [-0.15, -0.1) is 0 Å². The highest BCUT2D eigenvalue weighted by molar-refractivity contribution is 6.09. The summed E-state index contributed by atoms with van der Waals surface area (Å²) in [5, 5.41) is 0. The Morgan fingerprint density at radius 3 is 2.62 bits per heavy atom. The summed E-state index contributed by atoms with van der Waals surface area (Å²) in [4.78, 5) is 4.72. The van der Waals surface area contributed by atoms with Gasteiger partial charge in [-0.05, 0) is 36.8 Å². The third-order valence-electron chi connectivity index (χ3n) is 3.91. The largest absolute Gasteiger partial charge is 0.253 e. The Balaban J connectivity index is 2.89. The lowest BCUT2D eigenvalue weighted by atomic mass is 9.99. The van der Waals surface area contributed by atoms with Gasteiger partial charge in [0.15, 0.2) is 0 Å². The highest BCUT2D eigenvalue weighted by Crippen LogP contribution is 2.18. The summed E-state index contributed by atoms with van der Waals surface area (Å²) < 4.78 is 0. The molecule has 0 aliphatic carbocycles. The molecule has 0 spiro atoms. The topological polar surface area (TPSA) is 12.4 Å². The van der Waals surface area contributed by atoms with Crippen LogP contribution in [0.4, 0.5) is 0 Å². The molecule has 0 amide bonds. The number of hydrogen-bond acceptors (Lipinski definition) is 1. The molecular formula is C20H29N. The molecule has 1 rings (SSSR count). The Morgan fingerprint density at radius 1 is 1.29 bits per heavy atom. The number of aliphatic imine (C=N–C) groups is 1. The van der Waals surface area contributed by atoms with Crippen LogP contribution in [0.3, 0.4) is 0 Å². The van der Waals surface area contributed by atoms with E-state index in [0.29, 0.717) is 0 Å². The molecule has 0 aliphatic rings. The Labute approximate surface area is 130 Å². The fraction of sp³-hybridized carbons (Fsp3) is 0.450. The molecule has 1 unspecified atom stereocenters. The molecule has 21 heavy (non-hydrogen) atoms. The number of benzene rings is 1. The molecule has 0 saturated heterocycles. The van der Waals surface area contributed by atoms with E-state index in [1.165, 1.54) is 17.5 Å². The van der Waals surface area contributed by atoms with Crippen LogP contribution in [0.25, 0.3) is 0 Å². The molecule has 1 nitrogen and oxygen atoms in total. The number of aryl methyl sites for hydroxylation is 1. The molecule has 0 aliphatic heterocycles. The van der Waals surface area contributed by atoms with Crippen molar-refractivity contribution in [1.29, 1.82) is 0 Å². The Morgan fingerprint density at radius 2 is 2.00 bits per heavy atom. The minimum atomic E-state index is 0.733. The van der Waals surface area contributed by atoms with Crippen molar-refractivity contribution < 1.29 is 0 Å². The summed E-state index contributed by atoms with van der Waals surface area (Å²) in [6, 6.07) is 8.47. The lowest BCUT2D eigenvalue weighted by Gasteiger charge is -2.11. The van der Waals surface area contributed by atoms with Gasteiger partial charge in [0.25, 0.3) is 0 Å². The van der Waals surface area contributed by atoms with Crippen LogP contribution in [-0.2, 0) is 6.42 Å². The SMILES string of the molecule is C=CC(=NC(=C)CCC(C)CC)c1ccccc1CCC. The van der Waals surface area contributed by atoms with Crippen LogP contribution in [0.15, 0.2) is 54.2 Å². The van der Waals surface area contributed by atoms with Crippen molar-refractivity contribution in [2.45, 2.75) is 52.9 Å². The molecule has 1 atom stereocenters. The lowest BCUT2D eigenvalue weighted by Crippen LogP contribution is -2.03. The summed E-state index contributed by atoms with van der Waals surface area (Å²) in [5.74, 6) is 0.733. The zero-order valence-corrected chi connectivity index (χ0v) is 13.9. The second-order valence-corrected chi connectivity index (χ2v) is 5.73. The van der Waals surface area contributed by atoms with Crippen molar-refractivity contribution in [2.24, 2.45) is 10.9 Å². The predicted molar refractivity (Wildman–Crippen MR) is 95.0 cm³/mol. The molecular weight excluding hydrogens is 254 g/mol. The van der Waals surface area contributed by atoms with Crippen molar-refractivity contribution in [3.05, 3.63) is 60.3 Å². The third kappa shape index (κ3) is 5.71.